The highest BCUT2D eigenvalue weighted by Gasteiger charge is 2.19. The molecule has 1 N–H and O–H groups in total. The molecule has 0 bridgehead atoms. The molecule has 1 rings (SSSR count). The first kappa shape index (κ1) is 9.89. The molecule has 1 nitrogen and oxygen atoms in total. The highest BCUT2D eigenvalue weighted by atomic mass is 19.2. The van der Waals surface area contributed by atoms with Crippen molar-refractivity contribution in [1.29, 1.82) is 0 Å². The Labute approximate surface area is 73.8 Å². The molecule has 0 spiro atoms. The van der Waals surface area contributed by atoms with E-state index in [1.165, 1.54) is 0 Å². The van der Waals surface area contributed by atoms with Crippen LogP contribution >= 0.6 is 0 Å². The van der Waals surface area contributed by atoms with Crippen molar-refractivity contribution < 1.29 is 18.3 Å². The van der Waals surface area contributed by atoms with Gasteiger partial charge in [0.15, 0.2) is 17.4 Å². The van der Waals surface area contributed by atoms with E-state index in [1.54, 1.807) is 13.8 Å². The minimum atomic E-state index is -1.54. The molecule has 0 heterocycles. The van der Waals surface area contributed by atoms with Crippen molar-refractivity contribution in [2.24, 2.45) is 0 Å². The molecule has 0 fully saturated rings. The summed E-state index contributed by atoms with van der Waals surface area (Å²) in [6.45, 7) is 3.24. The molecular weight excluding hydrogens is 181 g/mol. The third-order valence-corrected chi connectivity index (χ3v) is 1.78. The SMILES string of the molecule is CC(C)c1cc(F)c(F)c(O)c1F. The van der Waals surface area contributed by atoms with Gasteiger partial charge in [0.05, 0.1) is 0 Å². The van der Waals surface area contributed by atoms with E-state index in [9.17, 15) is 13.2 Å². The van der Waals surface area contributed by atoms with Gasteiger partial charge in [-0.15, -0.1) is 0 Å². The summed E-state index contributed by atoms with van der Waals surface area (Å²) in [6, 6.07) is 0.759. The Morgan fingerprint density at radius 3 is 2.15 bits per heavy atom. The van der Waals surface area contributed by atoms with Crippen LogP contribution < -0.4 is 0 Å². The van der Waals surface area contributed by atoms with Crippen molar-refractivity contribution in [3.05, 3.63) is 29.1 Å². The van der Waals surface area contributed by atoms with Gasteiger partial charge in [0.2, 0.25) is 5.82 Å². The van der Waals surface area contributed by atoms with E-state index in [0.29, 0.717) is 0 Å². The Morgan fingerprint density at radius 1 is 1.15 bits per heavy atom. The van der Waals surface area contributed by atoms with Crippen LogP contribution in [0.2, 0.25) is 0 Å². The molecule has 0 saturated heterocycles. The fraction of sp³-hybridized carbons (Fsp3) is 0.333. The maximum absolute atomic E-state index is 13.0. The Morgan fingerprint density at radius 2 is 1.69 bits per heavy atom. The molecule has 0 aliphatic rings. The summed E-state index contributed by atoms with van der Waals surface area (Å²) >= 11 is 0. The van der Waals surface area contributed by atoms with Crippen LogP contribution in [-0.2, 0) is 0 Å². The summed E-state index contributed by atoms with van der Waals surface area (Å²) in [5.41, 5.74) is -0.0311. The van der Waals surface area contributed by atoms with Gasteiger partial charge in [-0.1, -0.05) is 13.8 Å². The standard InChI is InChI=1S/C9H9F3O/c1-4(2)5-3-6(10)8(12)9(13)7(5)11/h3-4,13H,1-2H3. The number of hydrogen-bond acceptors (Lipinski definition) is 1. The smallest absolute Gasteiger partial charge is 0.203 e. The van der Waals surface area contributed by atoms with Gasteiger partial charge < -0.3 is 5.11 Å². The van der Waals surface area contributed by atoms with Crippen LogP contribution in [0.3, 0.4) is 0 Å². The van der Waals surface area contributed by atoms with Crippen LogP contribution in [0.5, 0.6) is 5.75 Å². The van der Waals surface area contributed by atoms with E-state index in [2.05, 4.69) is 0 Å². The first-order valence-corrected chi connectivity index (χ1v) is 3.81. The van der Waals surface area contributed by atoms with Crippen molar-refractivity contribution in [1.82, 2.24) is 0 Å². The second-order valence-electron chi connectivity index (χ2n) is 3.08. The van der Waals surface area contributed by atoms with Crippen molar-refractivity contribution in [3.8, 4) is 5.75 Å². The van der Waals surface area contributed by atoms with Crippen LogP contribution in [0, 0.1) is 17.5 Å². The van der Waals surface area contributed by atoms with Gasteiger partial charge in [-0.3, -0.25) is 0 Å². The highest BCUT2D eigenvalue weighted by molar-refractivity contribution is 5.34. The number of phenolic OH excluding ortho intramolecular Hbond substituents is 1. The van der Waals surface area contributed by atoms with Crippen molar-refractivity contribution in [2.75, 3.05) is 0 Å². The third-order valence-electron chi connectivity index (χ3n) is 1.78. The van der Waals surface area contributed by atoms with E-state index in [4.69, 9.17) is 5.11 Å². The third kappa shape index (κ3) is 1.61. The molecule has 72 valence electrons. The molecule has 1 aromatic rings. The first-order chi connectivity index (χ1) is 5.95. The Bertz CT molecular complexity index is 334. The Hall–Kier alpha value is -1.19. The molecular formula is C9H9F3O. The van der Waals surface area contributed by atoms with Gasteiger partial charge in [-0.05, 0) is 17.5 Å². The number of hydrogen-bond donors (Lipinski definition) is 1. The quantitative estimate of drug-likeness (QED) is 0.675. The van der Waals surface area contributed by atoms with Crippen molar-refractivity contribution >= 4 is 0 Å². The molecule has 1 aromatic carbocycles. The van der Waals surface area contributed by atoms with Crippen LogP contribution in [0.1, 0.15) is 25.3 Å². The van der Waals surface area contributed by atoms with Crippen molar-refractivity contribution in [3.63, 3.8) is 0 Å². The number of phenols is 1. The van der Waals surface area contributed by atoms with Crippen LogP contribution in [-0.4, -0.2) is 5.11 Å². The molecule has 4 heteroatoms. The average molecular weight is 190 g/mol. The highest BCUT2D eigenvalue weighted by Crippen LogP contribution is 2.29. The average Bonchev–Trinajstić information content (AvgIpc) is 2.07. The van der Waals surface area contributed by atoms with Gasteiger partial charge in [0.1, 0.15) is 0 Å². The van der Waals surface area contributed by atoms with Crippen LogP contribution in [0.25, 0.3) is 0 Å². The summed E-state index contributed by atoms with van der Waals surface area (Å²) < 4.78 is 38.3. The fourth-order valence-corrected chi connectivity index (χ4v) is 1.03. The number of rotatable bonds is 1. The summed E-state index contributed by atoms with van der Waals surface area (Å²) in [5, 5.41) is 8.83. The normalized spacial score (nSPS) is 10.9. The molecule has 13 heavy (non-hydrogen) atoms. The zero-order valence-electron chi connectivity index (χ0n) is 7.24. The summed E-state index contributed by atoms with van der Waals surface area (Å²) in [5.74, 6) is -5.41. The summed E-state index contributed by atoms with van der Waals surface area (Å²) in [6.07, 6.45) is 0. The lowest BCUT2D eigenvalue weighted by Gasteiger charge is -2.08. The molecule has 0 aromatic heterocycles. The minimum Gasteiger partial charge on any atom is -0.503 e. The molecule has 0 aliphatic carbocycles. The monoisotopic (exact) mass is 190 g/mol. The largest absolute Gasteiger partial charge is 0.503 e. The maximum Gasteiger partial charge on any atom is 0.203 e. The number of benzene rings is 1. The lowest BCUT2D eigenvalue weighted by molar-refractivity contribution is 0.371. The Kier molecular flexibility index (Phi) is 2.50. The molecule has 0 amide bonds. The molecule has 0 saturated carbocycles. The van der Waals surface area contributed by atoms with Gasteiger partial charge in [-0.25, -0.2) is 8.78 Å². The summed E-state index contributed by atoms with van der Waals surface area (Å²) in [4.78, 5) is 0. The van der Waals surface area contributed by atoms with Gasteiger partial charge in [0.25, 0.3) is 0 Å². The minimum absolute atomic E-state index is 0.0311. The maximum atomic E-state index is 13.0. The van der Waals surface area contributed by atoms with E-state index >= 15 is 0 Å². The molecule has 0 atom stereocenters. The zero-order valence-corrected chi connectivity index (χ0v) is 7.24. The lowest BCUT2D eigenvalue weighted by atomic mass is 10.0. The van der Waals surface area contributed by atoms with Crippen LogP contribution in [0.15, 0.2) is 6.07 Å². The molecule has 0 radical (unpaired) electrons. The van der Waals surface area contributed by atoms with E-state index in [-0.39, 0.29) is 11.5 Å². The van der Waals surface area contributed by atoms with E-state index < -0.39 is 23.2 Å². The number of halogens is 3. The van der Waals surface area contributed by atoms with Gasteiger partial charge in [-0.2, -0.15) is 4.39 Å². The van der Waals surface area contributed by atoms with E-state index in [0.717, 1.165) is 6.07 Å². The summed E-state index contributed by atoms with van der Waals surface area (Å²) in [7, 11) is 0. The topological polar surface area (TPSA) is 20.2 Å². The van der Waals surface area contributed by atoms with Gasteiger partial charge >= 0.3 is 0 Å². The lowest BCUT2D eigenvalue weighted by Crippen LogP contribution is -1.98. The predicted octanol–water partition coefficient (Wildman–Crippen LogP) is 2.93. The van der Waals surface area contributed by atoms with Crippen LogP contribution in [0.4, 0.5) is 13.2 Å². The first-order valence-electron chi connectivity index (χ1n) is 3.81. The Balaban J connectivity index is 3.41. The van der Waals surface area contributed by atoms with Gasteiger partial charge in [0, 0.05) is 0 Å². The van der Waals surface area contributed by atoms with E-state index in [1.807, 2.05) is 0 Å². The fourth-order valence-electron chi connectivity index (χ4n) is 1.03. The molecule has 0 aliphatic heterocycles. The number of aromatic hydroxyl groups is 1. The second kappa shape index (κ2) is 3.28. The second-order valence-corrected chi connectivity index (χ2v) is 3.08. The van der Waals surface area contributed by atoms with Crippen molar-refractivity contribution in [2.45, 2.75) is 19.8 Å². The predicted molar refractivity (Wildman–Crippen MR) is 42.1 cm³/mol. The molecule has 0 unspecified atom stereocenters. The zero-order chi connectivity index (χ0) is 10.2.